The van der Waals surface area contributed by atoms with Gasteiger partial charge in [0.1, 0.15) is 0 Å². The summed E-state index contributed by atoms with van der Waals surface area (Å²) >= 11 is 7.63. The molecular weight excluding hydrogens is 306 g/mol. The van der Waals surface area contributed by atoms with Gasteiger partial charge >= 0.3 is 0 Å². The Bertz CT molecular complexity index is 584. The van der Waals surface area contributed by atoms with Crippen molar-refractivity contribution < 1.29 is 4.52 Å². The average molecular weight is 324 g/mol. The van der Waals surface area contributed by atoms with Crippen LogP contribution in [0.1, 0.15) is 24.6 Å². The molecule has 112 valence electrons. The molecule has 1 aromatic carbocycles. The summed E-state index contributed by atoms with van der Waals surface area (Å²) in [6.45, 7) is 2.25. The van der Waals surface area contributed by atoms with Gasteiger partial charge in [-0.2, -0.15) is 4.98 Å². The summed E-state index contributed by atoms with van der Waals surface area (Å²) in [5.41, 5.74) is 0. The number of aromatic nitrogens is 2. The van der Waals surface area contributed by atoms with Crippen LogP contribution in [0.4, 0.5) is 0 Å². The van der Waals surface area contributed by atoms with Gasteiger partial charge in [-0.1, -0.05) is 22.8 Å². The van der Waals surface area contributed by atoms with Crippen LogP contribution < -0.4 is 5.32 Å². The first kappa shape index (κ1) is 14.9. The van der Waals surface area contributed by atoms with Gasteiger partial charge in [0, 0.05) is 16.3 Å². The van der Waals surface area contributed by atoms with Crippen LogP contribution in [0, 0.1) is 5.92 Å². The number of hydrogen-bond acceptors (Lipinski definition) is 5. The first-order valence-electron chi connectivity index (χ1n) is 7.20. The van der Waals surface area contributed by atoms with E-state index in [1.165, 1.54) is 6.42 Å². The Kier molecular flexibility index (Phi) is 5.17. The van der Waals surface area contributed by atoms with E-state index in [0.717, 1.165) is 53.5 Å². The van der Waals surface area contributed by atoms with E-state index in [9.17, 15) is 0 Å². The second-order valence-corrected chi connectivity index (χ2v) is 6.73. The summed E-state index contributed by atoms with van der Waals surface area (Å²) in [6, 6.07) is 7.79. The molecule has 21 heavy (non-hydrogen) atoms. The van der Waals surface area contributed by atoms with Gasteiger partial charge in [0.05, 0.1) is 5.75 Å². The van der Waals surface area contributed by atoms with Crippen molar-refractivity contribution in [2.45, 2.75) is 29.9 Å². The first-order chi connectivity index (χ1) is 10.3. The molecule has 1 aliphatic rings. The highest BCUT2D eigenvalue weighted by Crippen LogP contribution is 2.24. The van der Waals surface area contributed by atoms with Crippen molar-refractivity contribution in [2.75, 3.05) is 13.1 Å². The predicted molar refractivity (Wildman–Crippen MR) is 84.6 cm³/mol. The maximum absolute atomic E-state index is 5.97. The zero-order valence-electron chi connectivity index (χ0n) is 11.7. The van der Waals surface area contributed by atoms with Gasteiger partial charge in [-0.15, -0.1) is 11.8 Å². The first-order valence-corrected chi connectivity index (χ1v) is 8.56. The fourth-order valence-electron chi connectivity index (χ4n) is 2.44. The van der Waals surface area contributed by atoms with Crippen molar-refractivity contribution >= 4 is 23.4 Å². The summed E-state index contributed by atoms with van der Waals surface area (Å²) in [5, 5.41) is 8.17. The lowest BCUT2D eigenvalue weighted by molar-refractivity contribution is 0.361. The molecule has 1 atom stereocenters. The van der Waals surface area contributed by atoms with Gasteiger partial charge in [0.15, 0.2) is 5.82 Å². The monoisotopic (exact) mass is 323 g/mol. The topological polar surface area (TPSA) is 51.0 Å². The van der Waals surface area contributed by atoms with Crippen molar-refractivity contribution in [3.8, 4) is 0 Å². The maximum Gasteiger partial charge on any atom is 0.226 e. The molecule has 6 heteroatoms. The minimum atomic E-state index is 0.703. The van der Waals surface area contributed by atoms with Crippen molar-refractivity contribution in [3.05, 3.63) is 41.0 Å². The molecule has 1 N–H and O–H groups in total. The molecule has 0 amide bonds. The Labute approximate surface area is 133 Å². The normalized spacial score (nSPS) is 18.2. The molecule has 1 unspecified atom stereocenters. The molecule has 3 rings (SSSR count). The number of benzene rings is 1. The lowest BCUT2D eigenvalue weighted by Gasteiger charge is -2.03. The number of nitrogens with one attached hydrogen (secondary N) is 1. The highest BCUT2D eigenvalue weighted by atomic mass is 35.5. The molecule has 0 saturated carbocycles. The van der Waals surface area contributed by atoms with E-state index in [2.05, 4.69) is 15.5 Å². The van der Waals surface area contributed by atoms with Crippen LogP contribution in [0.15, 0.2) is 33.7 Å². The Morgan fingerprint density at radius 1 is 1.43 bits per heavy atom. The highest BCUT2D eigenvalue weighted by molar-refractivity contribution is 7.98. The van der Waals surface area contributed by atoms with Gasteiger partial charge in [0.25, 0.3) is 0 Å². The molecule has 1 fully saturated rings. The smallest absolute Gasteiger partial charge is 0.226 e. The van der Waals surface area contributed by atoms with E-state index in [4.69, 9.17) is 16.1 Å². The molecule has 2 heterocycles. The van der Waals surface area contributed by atoms with Crippen LogP contribution in [0.5, 0.6) is 0 Å². The van der Waals surface area contributed by atoms with Crippen LogP contribution in [-0.2, 0) is 12.2 Å². The van der Waals surface area contributed by atoms with Crippen LogP contribution in [-0.4, -0.2) is 23.2 Å². The third kappa shape index (κ3) is 4.46. The van der Waals surface area contributed by atoms with Crippen LogP contribution in [0.3, 0.4) is 0 Å². The number of aryl methyl sites for hydroxylation is 1. The Balaban J connectivity index is 1.48. The van der Waals surface area contributed by atoms with Gasteiger partial charge in [-0.25, -0.2) is 0 Å². The van der Waals surface area contributed by atoms with Crippen molar-refractivity contribution in [2.24, 2.45) is 5.92 Å². The third-order valence-corrected chi connectivity index (χ3v) is 4.83. The van der Waals surface area contributed by atoms with Gasteiger partial charge < -0.3 is 9.84 Å². The van der Waals surface area contributed by atoms with Crippen molar-refractivity contribution in [1.82, 2.24) is 15.5 Å². The van der Waals surface area contributed by atoms with Crippen molar-refractivity contribution in [3.63, 3.8) is 0 Å². The SMILES string of the molecule is Clc1cccc(SCc2noc(CCC3CCNC3)n2)c1. The summed E-state index contributed by atoms with van der Waals surface area (Å²) in [4.78, 5) is 5.57. The van der Waals surface area contributed by atoms with Gasteiger partial charge in [-0.3, -0.25) is 0 Å². The lowest BCUT2D eigenvalue weighted by Crippen LogP contribution is -2.09. The summed E-state index contributed by atoms with van der Waals surface area (Å²) in [5.74, 6) is 2.96. The largest absolute Gasteiger partial charge is 0.339 e. The molecule has 0 radical (unpaired) electrons. The molecule has 1 saturated heterocycles. The minimum absolute atomic E-state index is 0.703. The summed E-state index contributed by atoms with van der Waals surface area (Å²) in [7, 11) is 0. The zero-order chi connectivity index (χ0) is 14.5. The van der Waals surface area contributed by atoms with E-state index in [-0.39, 0.29) is 0 Å². The second kappa shape index (κ2) is 7.29. The molecular formula is C15H18ClN3OS. The van der Waals surface area contributed by atoms with E-state index in [1.807, 2.05) is 24.3 Å². The zero-order valence-corrected chi connectivity index (χ0v) is 13.3. The fourth-order valence-corrected chi connectivity index (χ4v) is 3.50. The predicted octanol–water partition coefficient (Wildman–Crippen LogP) is 3.56. The van der Waals surface area contributed by atoms with E-state index < -0.39 is 0 Å². The fraction of sp³-hybridized carbons (Fsp3) is 0.467. The van der Waals surface area contributed by atoms with E-state index >= 15 is 0 Å². The van der Waals surface area contributed by atoms with Crippen LogP contribution in [0.25, 0.3) is 0 Å². The standard InChI is InChI=1S/C15H18ClN3OS/c16-12-2-1-3-13(8-12)21-10-14-18-15(20-19-14)5-4-11-6-7-17-9-11/h1-3,8,11,17H,4-7,9-10H2. The Hall–Kier alpha value is -1.04. The van der Waals surface area contributed by atoms with E-state index in [1.54, 1.807) is 11.8 Å². The number of thioether (sulfide) groups is 1. The molecule has 0 spiro atoms. The van der Waals surface area contributed by atoms with Crippen LogP contribution in [0.2, 0.25) is 5.02 Å². The van der Waals surface area contributed by atoms with Gasteiger partial charge in [-0.05, 0) is 50.0 Å². The molecule has 1 aromatic heterocycles. The second-order valence-electron chi connectivity index (χ2n) is 5.25. The quantitative estimate of drug-likeness (QED) is 0.824. The minimum Gasteiger partial charge on any atom is -0.339 e. The Morgan fingerprint density at radius 3 is 3.19 bits per heavy atom. The van der Waals surface area contributed by atoms with Crippen LogP contribution >= 0.6 is 23.4 Å². The number of hydrogen-bond donors (Lipinski definition) is 1. The molecule has 0 bridgehead atoms. The van der Waals surface area contributed by atoms with Gasteiger partial charge in [0.2, 0.25) is 5.89 Å². The maximum atomic E-state index is 5.97. The molecule has 2 aromatic rings. The number of rotatable bonds is 6. The average Bonchev–Trinajstić information content (AvgIpc) is 3.15. The number of halogens is 1. The Morgan fingerprint density at radius 2 is 2.38 bits per heavy atom. The lowest BCUT2D eigenvalue weighted by atomic mass is 10.0. The summed E-state index contributed by atoms with van der Waals surface area (Å²) in [6.07, 6.45) is 3.25. The van der Waals surface area contributed by atoms with Crippen molar-refractivity contribution in [1.29, 1.82) is 0 Å². The highest BCUT2D eigenvalue weighted by Gasteiger charge is 2.16. The third-order valence-electron chi connectivity index (χ3n) is 3.60. The number of nitrogens with zero attached hydrogens (tertiary/aromatic N) is 2. The molecule has 1 aliphatic heterocycles. The summed E-state index contributed by atoms with van der Waals surface area (Å²) < 4.78 is 5.32. The van der Waals surface area contributed by atoms with E-state index in [0.29, 0.717) is 5.75 Å². The molecule has 4 nitrogen and oxygen atoms in total. The molecule has 0 aliphatic carbocycles.